The molecule has 1 unspecified atom stereocenters. The van der Waals surface area contributed by atoms with Gasteiger partial charge in [-0.05, 0) is 44.2 Å². The maximum atomic E-state index is 12.5. The first kappa shape index (κ1) is 22.4. The van der Waals surface area contributed by atoms with Crippen LogP contribution in [0.15, 0.2) is 58.5 Å². The van der Waals surface area contributed by atoms with Crippen LogP contribution in [0.2, 0.25) is 0 Å². The first-order valence-electron chi connectivity index (χ1n) is 8.44. The molecule has 0 aromatic rings. The third kappa shape index (κ3) is 7.30. The van der Waals surface area contributed by atoms with Crippen molar-refractivity contribution < 1.29 is 19.1 Å². The summed E-state index contributed by atoms with van der Waals surface area (Å²) in [5.41, 5.74) is 1.11. The molecular weight excluding hydrogens is 368 g/mol. The van der Waals surface area contributed by atoms with Crippen molar-refractivity contribution in [3.8, 4) is 0 Å². The second-order valence-electron chi connectivity index (χ2n) is 5.54. The zero-order chi connectivity index (χ0) is 19.5. The molecule has 0 heterocycles. The summed E-state index contributed by atoms with van der Waals surface area (Å²) in [7, 11) is 3.38. The fourth-order valence-electron chi connectivity index (χ4n) is 2.25. The van der Waals surface area contributed by atoms with Crippen molar-refractivity contribution in [2.24, 2.45) is 5.92 Å². The van der Waals surface area contributed by atoms with Crippen LogP contribution in [0.25, 0.3) is 0 Å². The molecule has 0 spiro atoms. The predicted octanol–water partition coefficient (Wildman–Crippen LogP) is 5.71. The first-order chi connectivity index (χ1) is 12.4. The third-order valence-corrected chi connectivity index (χ3v) is 5.52. The van der Waals surface area contributed by atoms with E-state index in [1.165, 1.54) is 11.8 Å². The highest BCUT2D eigenvalue weighted by Crippen LogP contribution is 2.32. The number of hydrogen-bond acceptors (Lipinski definition) is 6. The molecule has 6 heteroatoms. The van der Waals surface area contributed by atoms with Gasteiger partial charge in [0.05, 0.1) is 0 Å². The van der Waals surface area contributed by atoms with Gasteiger partial charge in [-0.15, -0.1) is 0 Å². The SMILES string of the molecule is C/C=C(SSC)/C(C)=C/C=C(\CC)OC(=O)C1CC=CC=C1OC(C)=O. The Hall–Kier alpha value is -1.66. The van der Waals surface area contributed by atoms with Crippen molar-refractivity contribution in [2.75, 3.05) is 6.26 Å². The highest BCUT2D eigenvalue weighted by atomic mass is 33.1. The van der Waals surface area contributed by atoms with Gasteiger partial charge in [-0.1, -0.05) is 52.8 Å². The van der Waals surface area contributed by atoms with Crippen LogP contribution < -0.4 is 0 Å². The molecule has 142 valence electrons. The maximum absolute atomic E-state index is 12.5. The molecule has 0 aliphatic heterocycles. The largest absolute Gasteiger partial charge is 0.431 e. The van der Waals surface area contributed by atoms with Gasteiger partial charge >= 0.3 is 11.9 Å². The van der Waals surface area contributed by atoms with Crippen molar-refractivity contribution in [3.63, 3.8) is 0 Å². The molecule has 1 aliphatic rings. The van der Waals surface area contributed by atoms with E-state index in [0.29, 0.717) is 24.4 Å². The van der Waals surface area contributed by atoms with Gasteiger partial charge < -0.3 is 9.47 Å². The average Bonchev–Trinajstić information content (AvgIpc) is 2.62. The van der Waals surface area contributed by atoms with Gasteiger partial charge in [0.1, 0.15) is 17.4 Å². The van der Waals surface area contributed by atoms with Crippen LogP contribution in [-0.2, 0) is 19.1 Å². The zero-order valence-electron chi connectivity index (χ0n) is 15.9. The fourth-order valence-corrected chi connectivity index (χ4v) is 3.95. The molecule has 4 nitrogen and oxygen atoms in total. The van der Waals surface area contributed by atoms with Crippen LogP contribution in [0.1, 0.15) is 40.5 Å². The number of carbonyl (C=O) groups excluding carboxylic acids is 2. The lowest BCUT2D eigenvalue weighted by molar-refractivity contribution is -0.146. The van der Waals surface area contributed by atoms with E-state index in [9.17, 15) is 9.59 Å². The molecule has 0 bridgehead atoms. The van der Waals surface area contributed by atoms with Crippen molar-refractivity contribution in [3.05, 3.63) is 58.5 Å². The average molecular weight is 395 g/mol. The second kappa shape index (κ2) is 11.9. The number of rotatable bonds is 8. The van der Waals surface area contributed by atoms with Gasteiger partial charge in [0.2, 0.25) is 0 Å². The van der Waals surface area contributed by atoms with E-state index in [2.05, 4.69) is 6.08 Å². The van der Waals surface area contributed by atoms with Gasteiger partial charge in [-0.3, -0.25) is 9.59 Å². The second-order valence-corrected chi connectivity index (χ2v) is 7.98. The molecule has 1 atom stereocenters. The number of allylic oxidation sites excluding steroid dienone is 8. The van der Waals surface area contributed by atoms with E-state index in [1.807, 2.05) is 45.3 Å². The summed E-state index contributed by atoms with van der Waals surface area (Å²) in [5.74, 6) is -0.539. The Morgan fingerprint density at radius 2 is 2.04 bits per heavy atom. The minimum absolute atomic E-state index is 0.333. The van der Waals surface area contributed by atoms with Gasteiger partial charge in [0.25, 0.3) is 0 Å². The maximum Gasteiger partial charge on any atom is 0.322 e. The van der Waals surface area contributed by atoms with Crippen LogP contribution in [0.4, 0.5) is 0 Å². The first-order valence-corrected chi connectivity index (χ1v) is 11.0. The molecule has 26 heavy (non-hydrogen) atoms. The molecule has 0 fully saturated rings. The molecule has 0 amide bonds. The van der Waals surface area contributed by atoms with Crippen LogP contribution in [0.3, 0.4) is 0 Å². The summed E-state index contributed by atoms with van der Waals surface area (Å²) in [4.78, 5) is 24.9. The molecule has 1 rings (SSSR count). The molecule has 0 saturated carbocycles. The highest BCUT2D eigenvalue weighted by Gasteiger charge is 2.28. The monoisotopic (exact) mass is 394 g/mol. The lowest BCUT2D eigenvalue weighted by atomic mass is 9.98. The Kier molecular flexibility index (Phi) is 10.2. The van der Waals surface area contributed by atoms with Crippen LogP contribution in [0.5, 0.6) is 0 Å². The van der Waals surface area contributed by atoms with E-state index < -0.39 is 17.9 Å². The molecule has 0 radical (unpaired) electrons. The van der Waals surface area contributed by atoms with Crippen LogP contribution in [0, 0.1) is 5.92 Å². The summed E-state index contributed by atoms with van der Waals surface area (Å²) in [6.07, 6.45) is 14.2. The third-order valence-electron chi connectivity index (χ3n) is 3.58. The van der Waals surface area contributed by atoms with E-state index >= 15 is 0 Å². The van der Waals surface area contributed by atoms with Gasteiger partial charge in [-0.25, -0.2) is 0 Å². The normalized spacial score (nSPS) is 18.4. The topological polar surface area (TPSA) is 52.6 Å². The van der Waals surface area contributed by atoms with E-state index in [0.717, 1.165) is 5.57 Å². The van der Waals surface area contributed by atoms with Crippen molar-refractivity contribution in [2.45, 2.75) is 40.5 Å². The minimum Gasteiger partial charge on any atom is -0.431 e. The molecule has 1 aliphatic carbocycles. The highest BCUT2D eigenvalue weighted by molar-refractivity contribution is 8.78. The lowest BCUT2D eigenvalue weighted by Gasteiger charge is -2.19. The quantitative estimate of drug-likeness (QED) is 0.227. The molecule has 0 N–H and O–H groups in total. The molecule has 0 saturated heterocycles. The fraction of sp³-hybridized carbons (Fsp3) is 0.400. The summed E-state index contributed by atoms with van der Waals surface area (Å²) in [6.45, 7) is 7.27. The molecule has 0 aromatic carbocycles. The van der Waals surface area contributed by atoms with Crippen LogP contribution in [-0.4, -0.2) is 18.2 Å². The van der Waals surface area contributed by atoms with Crippen molar-refractivity contribution >= 4 is 33.5 Å². The van der Waals surface area contributed by atoms with Gasteiger partial charge in [0, 0.05) is 18.2 Å². The standard InChI is InChI=1S/C20H26O4S2/c1-6-16(13-12-14(3)19(7-2)26-25-5)24-20(22)17-10-8-9-11-18(17)23-15(4)21/h7-9,11-13,17H,6,10H2,1-5H3/b14-12+,16-13+,19-7-. The van der Waals surface area contributed by atoms with Crippen molar-refractivity contribution in [1.82, 2.24) is 0 Å². The Morgan fingerprint density at radius 3 is 2.62 bits per heavy atom. The summed E-state index contributed by atoms with van der Waals surface area (Å²) < 4.78 is 10.7. The summed E-state index contributed by atoms with van der Waals surface area (Å²) in [6, 6.07) is 0. The molecule has 0 aromatic heterocycles. The molecular formula is C20H26O4S2. The van der Waals surface area contributed by atoms with E-state index in [1.54, 1.807) is 33.7 Å². The number of hydrogen-bond donors (Lipinski definition) is 0. The van der Waals surface area contributed by atoms with Gasteiger partial charge in [-0.2, -0.15) is 0 Å². The number of esters is 2. The summed E-state index contributed by atoms with van der Waals surface area (Å²) >= 11 is 0. The number of ether oxygens (including phenoxy) is 2. The lowest BCUT2D eigenvalue weighted by Crippen LogP contribution is -2.23. The zero-order valence-corrected chi connectivity index (χ0v) is 17.5. The van der Waals surface area contributed by atoms with Gasteiger partial charge in [0.15, 0.2) is 0 Å². The number of carbonyl (C=O) groups is 2. The Balaban J connectivity index is 2.86. The van der Waals surface area contributed by atoms with E-state index in [-0.39, 0.29) is 0 Å². The smallest absolute Gasteiger partial charge is 0.322 e. The Bertz CT molecular complexity index is 669. The van der Waals surface area contributed by atoms with E-state index in [4.69, 9.17) is 9.47 Å². The predicted molar refractivity (Wildman–Crippen MR) is 110 cm³/mol. The van der Waals surface area contributed by atoms with Crippen molar-refractivity contribution in [1.29, 1.82) is 0 Å². The van der Waals surface area contributed by atoms with Crippen LogP contribution >= 0.6 is 21.6 Å². The summed E-state index contributed by atoms with van der Waals surface area (Å²) in [5, 5.41) is 0. The Labute approximate surface area is 163 Å². The Morgan fingerprint density at radius 1 is 1.31 bits per heavy atom. The minimum atomic E-state index is -0.595.